The van der Waals surface area contributed by atoms with Crippen LogP contribution in [0, 0.1) is 22.7 Å². The van der Waals surface area contributed by atoms with Crippen LogP contribution in [0.4, 0.5) is 74.3 Å². The molecule has 6 rings (SSSR count). The summed E-state index contributed by atoms with van der Waals surface area (Å²) in [5.41, 5.74) is 4.73. The molecule has 0 radical (unpaired) electrons. The van der Waals surface area contributed by atoms with E-state index in [1.165, 1.54) is 12.1 Å². The minimum atomic E-state index is -0.691. The van der Waals surface area contributed by atoms with E-state index >= 15 is 0 Å². The van der Waals surface area contributed by atoms with Crippen molar-refractivity contribution in [2.45, 2.75) is 12.8 Å². The standard InChI is InChI=1S/C51H46N12O9/c52-31-33-7-1-9-39(27-33)62-50(69)71-25-5-23-54-46(65)58-41-11-3-13-43(29-41)60-48(67)56-37-19-15-35(16-20-37)45(64)36-17-21-38(22-18-36)57-49(68)61-44-14-4-12-42(30-44)59-47(66)55-24-6-26-72-51(70)63-40-10-2-8-34(28-40)32-53/h1-4,7-22,27-30H,5-6,23-26H2,(H,62,69)(H,63,70)(H2,54,58,65)(H2,55,59,66)(H2,56,60,67)(H2,57,61,68). The third-order valence-corrected chi connectivity index (χ3v) is 9.72. The van der Waals surface area contributed by atoms with Crippen molar-refractivity contribution in [1.29, 1.82) is 10.5 Å². The lowest BCUT2D eigenvalue weighted by molar-refractivity contribution is 0.103. The number of amides is 10. The summed E-state index contributed by atoms with van der Waals surface area (Å²) in [6.45, 7) is 0.488. The number of ether oxygens (including phenoxy) is 2. The average molecular weight is 971 g/mol. The normalized spacial score (nSPS) is 10.1. The SMILES string of the molecule is N#Cc1cccc(NC(=O)OCCCNC(=O)Nc2cccc(NC(=O)Nc3ccc(C(=O)c4ccc(NC(=O)Nc5cccc(NC(=O)NCCCOC(=O)Nc6cccc(C#N)c6)c5)cc4)cc3)c2)c1. The van der Waals surface area contributed by atoms with E-state index in [1.807, 2.05) is 12.1 Å². The maximum atomic E-state index is 13.3. The first-order chi connectivity index (χ1) is 34.9. The number of ketones is 1. The van der Waals surface area contributed by atoms with Gasteiger partial charge in [-0.1, -0.05) is 24.3 Å². The largest absolute Gasteiger partial charge is 0.449 e. The van der Waals surface area contributed by atoms with E-state index in [1.54, 1.807) is 133 Å². The van der Waals surface area contributed by atoms with E-state index in [0.717, 1.165) is 0 Å². The van der Waals surface area contributed by atoms with Crippen LogP contribution in [0.1, 0.15) is 39.9 Å². The fraction of sp³-hybridized carbons (Fsp3) is 0.118. The van der Waals surface area contributed by atoms with Gasteiger partial charge in [0, 0.05) is 69.7 Å². The van der Waals surface area contributed by atoms with Gasteiger partial charge in [0.2, 0.25) is 0 Å². The summed E-state index contributed by atoms with van der Waals surface area (Å²) in [6, 6.07) is 40.0. The highest BCUT2D eigenvalue weighted by Gasteiger charge is 2.13. The van der Waals surface area contributed by atoms with Crippen LogP contribution in [0.25, 0.3) is 0 Å². The maximum absolute atomic E-state index is 13.3. The quantitative estimate of drug-likeness (QED) is 0.0286. The molecule has 6 aromatic rings. The number of urea groups is 4. The van der Waals surface area contributed by atoms with Crippen molar-refractivity contribution >= 4 is 87.6 Å². The molecule has 21 nitrogen and oxygen atoms in total. The van der Waals surface area contributed by atoms with E-state index in [0.29, 0.717) is 80.6 Å². The number of nitrogens with one attached hydrogen (secondary N) is 10. The van der Waals surface area contributed by atoms with Crippen LogP contribution >= 0.6 is 0 Å². The van der Waals surface area contributed by atoms with Crippen molar-refractivity contribution in [1.82, 2.24) is 10.6 Å². The molecular formula is C51H46N12O9. The highest BCUT2D eigenvalue weighted by molar-refractivity contribution is 6.10. The summed E-state index contributed by atoms with van der Waals surface area (Å²) < 4.78 is 10.2. The Balaban J connectivity index is 0.856. The summed E-state index contributed by atoms with van der Waals surface area (Å²) in [5, 5.41) is 44.5. The van der Waals surface area contributed by atoms with Gasteiger partial charge < -0.3 is 52.0 Å². The number of carbonyl (C=O) groups is 7. The monoisotopic (exact) mass is 970 g/mol. The molecule has 0 aliphatic heterocycles. The minimum absolute atomic E-state index is 0.0374. The topological polar surface area (TPSA) is 306 Å². The van der Waals surface area contributed by atoms with Crippen molar-refractivity contribution in [3.63, 3.8) is 0 Å². The predicted octanol–water partition coefficient (Wildman–Crippen LogP) is 9.47. The number of benzene rings is 6. The molecule has 10 N–H and O–H groups in total. The van der Waals surface area contributed by atoms with Gasteiger partial charge in [0.05, 0.1) is 36.5 Å². The molecule has 0 saturated carbocycles. The lowest BCUT2D eigenvalue weighted by atomic mass is 10.0. The Morgan fingerprint density at radius 2 is 0.694 bits per heavy atom. The zero-order chi connectivity index (χ0) is 51.1. The summed E-state index contributed by atoms with van der Waals surface area (Å²) in [4.78, 5) is 87.7. The summed E-state index contributed by atoms with van der Waals surface area (Å²) in [5.74, 6) is -0.295. The number of hydrogen-bond donors (Lipinski definition) is 10. The van der Waals surface area contributed by atoms with Crippen LogP contribution in [-0.2, 0) is 9.47 Å². The lowest BCUT2D eigenvalue weighted by Gasteiger charge is -2.12. The molecule has 0 fully saturated rings. The summed E-state index contributed by atoms with van der Waals surface area (Å²) in [6.07, 6.45) is -0.707. The Morgan fingerprint density at radius 3 is 1.06 bits per heavy atom. The van der Waals surface area contributed by atoms with Crippen LogP contribution in [0.3, 0.4) is 0 Å². The van der Waals surface area contributed by atoms with Gasteiger partial charge in [-0.25, -0.2) is 28.8 Å². The minimum Gasteiger partial charge on any atom is -0.449 e. The summed E-state index contributed by atoms with van der Waals surface area (Å²) >= 11 is 0. The van der Waals surface area contributed by atoms with Crippen molar-refractivity contribution < 1.29 is 43.0 Å². The van der Waals surface area contributed by atoms with Gasteiger partial charge in [-0.2, -0.15) is 10.5 Å². The molecule has 72 heavy (non-hydrogen) atoms. The zero-order valence-electron chi connectivity index (χ0n) is 38.2. The number of hydrogen-bond acceptors (Lipinski definition) is 11. The van der Waals surface area contributed by atoms with Gasteiger partial charge in [0.25, 0.3) is 0 Å². The Labute approximate surface area is 412 Å². The molecule has 0 bridgehead atoms. The molecule has 364 valence electrons. The van der Waals surface area contributed by atoms with Gasteiger partial charge in [-0.3, -0.25) is 15.4 Å². The molecule has 0 aliphatic rings. The Kier molecular flexibility index (Phi) is 18.6. The molecule has 0 saturated heterocycles. The number of rotatable bonds is 18. The lowest BCUT2D eigenvalue weighted by Crippen LogP contribution is -2.30. The van der Waals surface area contributed by atoms with Crippen molar-refractivity contribution in [3.05, 3.63) is 168 Å². The van der Waals surface area contributed by atoms with Gasteiger partial charge in [0.1, 0.15) is 0 Å². The van der Waals surface area contributed by atoms with E-state index in [4.69, 9.17) is 20.0 Å². The molecule has 0 heterocycles. The molecular weight excluding hydrogens is 925 g/mol. The fourth-order valence-electron chi connectivity index (χ4n) is 6.38. The number of nitrogens with zero attached hydrogens (tertiary/aromatic N) is 2. The number of nitriles is 2. The molecule has 0 unspecified atom stereocenters. The molecule has 0 atom stereocenters. The van der Waals surface area contributed by atoms with Crippen LogP contribution in [0.5, 0.6) is 0 Å². The smallest absolute Gasteiger partial charge is 0.411 e. The fourth-order valence-corrected chi connectivity index (χ4v) is 6.38. The highest BCUT2D eigenvalue weighted by Crippen LogP contribution is 2.20. The van der Waals surface area contributed by atoms with Gasteiger partial charge in [-0.15, -0.1) is 0 Å². The van der Waals surface area contributed by atoms with Crippen LogP contribution in [-0.4, -0.2) is 68.4 Å². The third-order valence-electron chi connectivity index (χ3n) is 9.72. The van der Waals surface area contributed by atoms with E-state index in [-0.39, 0.29) is 32.1 Å². The van der Waals surface area contributed by atoms with Gasteiger partial charge in [-0.05, 0) is 134 Å². The first-order valence-corrected chi connectivity index (χ1v) is 22.0. The number of carbonyl (C=O) groups excluding carboxylic acids is 7. The third kappa shape index (κ3) is 17.0. The van der Waals surface area contributed by atoms with Crippen LogP contribution in [0.15, 0.2) is 146 Å². The van der Waals surface area contributed by atoms with E-state index < -0.39 is 36.3 Å². The highest BCUT2D eigenvalue weighted by atomic mass is 16.6. The second-order valence-electron chi connectivity index (χ2n) is 15.2. The zero-order valence-corrected chi connectivity index (χ0v) is 38.2. The van der Waals surface area contributed by atoms with Crippen LogP contribution < -0.4 is 53.2 Å². The predicted molar refractivity (Wildman–Crippen MR) is 270 cm³/mol. The van der Waals surface area contributed by atoms with Crippen LogP contribution in [0.2, 0.25) is 0 Å². The van der Waals surface area contributed by atoms with E-state index in [9.17, 15) is 33.6 Å². The summed E-state index contributed by atoms with van der Waals surface area (Å²) in [7, 11) is 0. The van der Waals surface area contributed by atoms with Gasteiger partial charge >= 0.3 is 36.3 Å². The van der Waals surface area contributed by atoms with Crippen molar-refractivity contribution in [3.8, 4) is 12.1 Å². The molecule has 0 aromatic heterocycles. The van der Waals surface area contributed by atoms with Gasteiger partial charge in [0.15, 0.2) is 5.78 Å². The van der Waals surface area contributed by atoms with Crippen molar-refractivity contribution in [2.24, 2.45) is 0 Å². The average Bonchev–Trinajstić information content (AvgIpc) is 3.36. The number of anilines is 8. The molecule has 21 heteroatoms. The molecule has 10 amide bonds. The molecule has 6 aromatic carbocycles. The van der Waals surface area contributed by atoms with E-state index in [2.05, 4.69) is 53.2 Å². The second-order valence-corrected chi connectivity index (χ2v) is 15.2. The Hall–Kier alpha value is -10.4. The first kappa shape index (κ1) is 51.0. The second kappa shape index (κ2) is 26.2. The Bertz CT molecular complexity index is 2810. The molecule has 0 aliphatic carbocycles. The maximum Gasteiger partial charge on any atom is 0.411 e. The first-order valence-electron chi connectivity index (χ1n) is 22.0. The Morgan fingerprint density at radius 1 is 0.375 bits per heavy atom. The molecule has 0 spiro atoms. The van der Waals surface area contributed by atoms with Crippen molar-refractivity contribution in [2.75, 3.05) is 68.8 Å².